The molecule has 3 aromatic carbocycles. The molecule has 2 amide bonds. The summed E-state index contributed by atoms with van der Waals surface area (Å²) in [5.74, 6) is -0.213. The number of aromatic amines is 1. The first kappa shape index (κ1) is 27.2. The van der Waals surface area contributed by atoms with E-state index in [1.165, 1.54) is 21.8 Å². The minimum absolute atomic E-state index is 0.0127. The lowest BCUT2D eigenvalue weighted by Crippen LogP contribution is -2.42. The lowest BCUT2D eigenvalue weighted by atomic mass is 9.68. The lowest BCUT2D eigenvalue weighted by Gasteiger charge is -2.43. The van der Waals surface area contributed by atoms with Crippen LogP contribution in [0.1, 0.15) is 39.5 Å². The van der Waals surface area contributed by atoms with Crippen molar-refractivity contribution in [1.82, 2.24) is 4.98 Å². The molecule has 3 heterocycles. The Bertz CT molecular complexity index is 1830. The summed E-state index contributed by atoms with van der Waals surface area (Å²) in [6, 6.07) is 21.6. The zero-order chi connectivity index (χ0) is 29.6. The zero-order valence-electron chi connectivity index (χ0n) is 23.6. The molecular weight excluding hydrogens is 600 g/mol. The molecular formula is C34H29ClN2O4S2. The van der Waals surface area contributed by atoms with Crippen LogP contribution >= 0.6 is 34.7 Å². The molecule has 4 aliphatic rings. The van der Waals surface area contributed by atoms with E-state index in [2.05, 4.69) is 36.2 Å². The lowest BCUT2D eigenvalue weighted by molar-refractivity contribution is -0.123. The molecule has 4 aromatic rings. The normalized spacial score (nSPS) is 28.6. The molecule has 1 saturated heterocycles. The number of aromatic nitrogens is 1. The van der Waals surface area contributed by atoms with E-state index in [0.717, 1.165) is 38.8 Å². The second kappa shape index (κ2) is 10.1. The Hall–Kier alpha value is -3.33. The number of anilines is 1. The fourth-order valence-electron chi connectivity index (χ4n) is 8.05. The number of fused-ring (bicyclic) bond motifs is 9. The summed E-state index contributed by atoms with van der Waals surface area (Å²) in [6.45, 7) is 4.45. The highest BCUT2D eigenvalue weighted by Crippen LogP contribution is 2.69. The van der Waals surface area contributed by atoms with Gasteiger partial charge in [0.2, 0.25) is 11.8 Å². The average molecular weight is 629 g/mol. The van der Waals surface area contributed by atoms with Gasteiger partial charge in [-0.25, -0.2) is 0 Å². The van der Waals surface area contributed by atoms with Crippen molar-refractivity contribution in [2.45, 2.75) is 43.1 Å². The van der Waals surface area contributed by atoms with Gasteiger partial charge in [-0.05, 0) is 73.9 Å². The van der Waals surface area contributed by atoms with Crippen LogP contribution in [0.2, 0.25) is 5.02 Å². The second-order valence-corrected chi connectivity index (χ2v) is 14.9. The third-order valence-corrected chi connectivity index (χ3v) is 12.7. The number of hydrogen-bond donors (Lipinski definition) is 1. The molecule has 2 bridgehead atoms. The first-order valence-corrected chi connectivity index (χ1v) is 16.7. The van der Waals surface area contributed by atoms with Crippen LogP contribution in [0, 0.1) is 43.4 Å². The van der Waals surface area contributed by atoms with Gasteiger partial charge in [0.15, 0.2) is 0 Å². The van der Waals surface area contributed by atoms with Gasteiger partial charge in [-0.15, -0.1) is 11.8 Å². The number of ether oxygens (including phenoxy) is 1. The molecule has 9 heteroatoms. The van der Waals surface area contributed by atoms with Gasteiger partial charge in [0.1, 0.15) is 12.4 Å². The van der Waals surface area contributed by atoms with Gasteiger partial charge in [0.05, 0.1) is 22.5 Å². The highest BCUT2D eigenvalue weighted by atomic mass is 35.5. The number of nitrogens with zero attached hydrogens (tertiary/aromatic N) is 1. The van der Waals surface area contributed by atoms with Crippen molar-refractivity contribution in [3.8, 4) is 5.75 Å². The monoisotopic (exact) mass is 628 g/mol. The van der Waals surface area contributed by atoms with Crippen molar-refractivity contribution in [2.75, 3.05) is 4.90 Å². The summed E-state index contributed by atoms with van der Waals surface area (Å²) < 4.78 is 6.45. The summed E-state index contributed by atoms with van der Waals surface area (Å²) in [4.78, 5) is 46.0. The molecule has 2 saturated carbocycles. The minimum Gasteiger partial charge on any atom is -0.489 e. The number of rotatable bonds is 5. The molecule has 0 spiro atoms. The number of amides is 2. The Morgan fingerprint density at radius 3 is 2.30 bits per heavy atom. The van der Waals surface area contributed by atoms with Gasteiger partial charge in [-0.3, -0.25) is 19.3 Å². The van der Waals surface area contributed by atoms with Gasteiger partial charge in [-0.1, -0.05) is 70.5 Å². The molecule has 8 rings (SSSR count). The highest BCUT2D eigenvalue weighted by molar-refractivity contribution is 8.00. The maximum absolute atomic E-state index is 14.0. The van der Waals surface area contributed by atoms with E-state index >= 15 is 0 Å². The average Bonchev–Trinajstić information content (AvgIpc) is 3.73. The number of thioether (sulfide) groups is 1. The Morgan fingerprint density at radius 2 is 1.58 bits per heavy atom. The third-order valence-electron chi connectivity index (χ3n) is 9.84. The summed E-state index contributed by atoms with van der Waals surface area (Å²) in [7, 11) is 0. The van der Waals surface area contributed by atoms with Crippen LogP contribution in [0.25, 0.3) is 0 Å². The maximum Gasteiger partial charge on any atom is 0.305 e. The standard InChI is InChI=1S/C34H29ClN2O4S2/c1-16-3-7-18(8-4-16)15-41-24-12-9-19(35)13-21(24)25-26-22-14-23(29(26)42-31-30(25)43-34(40)36-31)28-27(22)32(38)37(33(28)39)20-10-5-17(2)6-11-20/h3-13,22-23,25-29H,14-15H2,1-2H3,(H,36,40)/t22?,23?,25-,26?,27?,28?,29?/m1/s1. The first-order chi connectivity index (χ1) is 20.8. The van der Waals surface area contributed by atoms with Gasteiger partial charge in [0, 0.05) is 26.6 Å². The van der Waals surface area contributed by atoms with Crippen molar-refractivity contribution in [1.29, 1.82) is 0 Å². The summed E-state index contributed by atoms with van der Waals surface area (Å²) in [6.07, 6.45) is 0.826. The summed E-state index contributed by atoms with van der Waals surface area (Å²) >= 11 is 9.54. The molecule has 1 aromatic heterocycles. The van der Waals surface area contributed by atoms with Crippen molar-refractivity contribution < 1.29 is 14.3 Å². The Morgan fingerprint density at radius 1 is 0.907 bits per heavy atom. The third kappa shape index (κ3) is 4.25. The van der Waals surface area contributed by atoms with Gasteiger partial charge in [0.25, 0.3) is 0 Å². The fraction of sp³-hybridized carbons (Fsp3) is 0.324. The fourth-order valence-corrected chi connectivity index (χ4v) is 11.1. The minimum atomic E-state index is -0.364. The number of aryl methyl sites for hydroxylation is 2. The summed E-state index contributed by atoms with van der Waals surface area (Å²) in [5.41, 5.74) is 4.90. The Labute approximate surface area is 262 Å². The maximum atomic E-state index is 14.0. The number of halogens is 1. The number of H-pyrrole nitrogens is 1. The van der Waals surface area contributed by atoms with Crippen LogP contribution in [-0.2, 0) is 16.2 Å². The number of carbonyl (C=O) groups is 2. The van der Waals surface area contributed by atoms with E-state index in [4.69, 9.17) is 16.3 Å². The van der Waals surface area contributed by atoms with Crippen molar-refractivity contribution in [3.63, 3.8) is 0 Å². The van der Waals surface area contributed by atoms with Crippen LogP contribution in [-0.4, -0.2) is 22.0 Å². The van der Waals surface area contributed by atoms with E-state index in [1.807, 2.05) is 49.4 Å². The number of imide groups is 1. The number of nitrogens with one attached hydrogen (secondary N) is 1. The van der Waals surface area contributed by atoms with Crippen LogP contribution < -0.4 is 14.5 Å². The molecule has 0 radical (unpaired) electrons. The molecule has 2 aliphatic heterocycles. The number of benzene rings is 3. The Balaban J connectivity index is 1.20. The van der Waals surface area contributed by atoms with Gasteiger partial charge in [-0.2, -0.15) is 0 Å². The van der Waals surface area contributed by atoms with Crippen molar-refractivity contribution >= 4 is 52.2 Å². The zero-order valence-corrected chi connectivity index (χ0v) is 26.0. The molecule has 43 heavy (non-hydrogen) atoms. The van der Waals surface area contributed by atoms with Crippen molar-refractivity contribution in [2.24, 2.45) is 29.6 Å². The number of carbonyl (C=O) groups excluding carboxylic acids is 2. The van der Waals surface area contributed by atoms with Crippen LogP contribution in [0.4, 0.5) is 5.69 Å². The van der Waals surface area contributed by atoms with Gasteiger partial charge < -0.3 is 9.72 Å². The number of thiazole rings is 1. The van der Waals surface area contributed by atoms with Crippen LogP contribution in [0.15, 0.2) is 76.6 Å². The molecule has 3 fully saturated rings. The Kier molecular flexibility index (Phi) is 6.40. The quantitative estimate of drug-likeness (QED) is 0.242. The van der Waals surface area contributed by atoms with Crippen LogP contribution in [0.3, 0.4) is 0 Å². The van der Waals surface area contributed by atoms with E-state index in [0.29, 0.717) is 17.3 Å². The van der Waals surface area contributed by atoms with E-state index < -0.39 is 0 Å². The molecule has 1 N–H and O–H groups in total. The molecule has 6 nitrogen and oxygen atoms in total. The largest absolute Gasteiger partial charge is 0.489 e. The smallest absolute Gasteiger partial charge is 0.305 e. The SMILES string of the molecule is Cc1ccc(COc2ccc(Cl)cc2[C@H]2c3sc(=O)[nH]c3SC3C4CC(C5C(=O)N(c6ccc(C)cc6)C(=O)C45)C32)cc1. The summed E-state index contributed by atoms with van der Waals surface area (Å²) in [5, 5.41) is 1.55. The predicted octanol–water partition coefficient (Wildman–Crippen LogP) is 6.96. The molecule has 6 unspecified atom stereocenters. The molecule has 7 atom stereocenters. The highest BCUT2D eigenvalue weighted by Gasteiger charge is 2.69. The van der Waals surface area contributed by atoms with E-state index in [9.17, 15) is 14.4 Å². The van der Waals surface area contributed by atoms with E-state index in [1.54, 1.807) is 11.8 Å². The first-order valence-electron chi connectivity index (χ1n) is 14.6. The van der Waals surface area contributed by atoms with Crippen LogP contribution in [0.5, 0.6) is 5.75 Å². The predicted molar refractivity (Wildman–Crippen MR) is 169 cm³/mol. The van der Waals surface area contributed by atoms with E-state index in [-0.39, 0.29) is 57.4 Å². The molecule has 218 valence electrons. The molecule has 2 aliphatic carbocycles. The second-order valence-electron chi connectivity index (χ2n) is 12.3. The topological polar surface area (TPSA) is 79.5 Å². The number of hydrogen-bond acceptors (Lipinski definition) is 6. The van der Waals surface area contributed by atoms with Gasteiger partial charge >= 0.3 is 4.87 Å². The van der Waals surface area contributed by atoms with Crippen molar-refractivity contribution in [3.05, 3.63) is 109 Å².